The van der Waals surface area contributed by atoms with Gasteiger partial charge in [0.15, 0.2) is 0 Å². The molecule has 0 saturated carbocycles. The molecule has 2 atom stereocenters. The predicted octanol–water partition coefficient (Wildman–Crippen LogP) is 3.48. The molecule has 0 fully saturated rings. The third-order valence-corrected chi connectivity index (χ3v) is 3.35. The molecular weight excluding hydrogens is 246 g/mol. The van der Waals surface area contributed by atoms with Crippen molar-refractivity contribution >= 4 is 11.3 Å². The fourth-order valence-electron chi connectivity index (χ4n) is 2.24. The fourth-order valence-corrected chi connectivity index (χ4v) is 2.24. The number of allylic oxidation sites excluding steroid dienone is 1. The van der Waals surface area contributed by atoms with Gasteiger partial charge in [-0.2, -0.15) is 0 Å². The van der Waals surface area contributed by atoms with Crippen LogP contribution in [0.25, 0.3) is 16.0 Å². The van der Waals surface area contributed by atoms with E-state index in [4.69, 9.17) is 5.53 Å². The maximum atomic E-state index is 11.0. The number of rotatable bonds is 3. The first-order valence-electron chi connectivity index (χ1n) is 5.97. The Morgan fingerprint density at radius 3 is 3.11 bits per heavy atom. The second kappa shape index (κ2) is 5.49. The summed E-state index contributed by atoms with van der Waals surface area (Å²) in [6.45, 7) is 2.01. The molecule has 98 valence electrons. The highest BCUT2D eigenvalue weighted by molar-refractivity contribution is 5.73. The van der Waals surface area contributed by atoms with Crippen LogP contribution in [-0.4, -0.2) is 15.9 Å². The summed E-state index contributed by atoms with van der Waals surface area (Å²) in [6.07, 6.45) is 6.19. The number of aromatic nitrogens is 1. The van der Waals surface area contributed by atoms with Gasteiger partial charge in [0.1, 0.15) is 6.20 Å². The third-order valence-electron chi connectivity index (χ3n) is 3.35. The molecular formula is C12H13N5O2. The molecule has 0 N–H and O–H groups in total. The van der Waals surface area contributed by atoms with Gasteiger partial charge in [0, 0.05) is 11.1 Å². The summed E-state index contributed by atoms with van der Waals surface area (Å²) in [4.78, 5) is 17.2. The molecule has 0 spiro atoms. The van der Waals surface area contributed by atoms with E-state index in [-0.39, 0.29) is 17.6 Å². The van der Waals surface area contributed by atoms with E-state index in [0.29, 0.717) is 5.56 Å². The van der Waals surface area contributed by atoms with Crippen LogP contribution in [0, 0.1) is 16.0 Å². The Kier molecular flexibility index (Phi) is 3.77. The van der Waals surface area contributed by atoms with Gasteiger partial charge >= 0.3 is 0 Å². The average molecular weight is 259 g/mol. The molecule has 1 aromatic rings. The van der Waals surface area contributed by atoms with E-state index in [0.717, 1.165) is 18.4 Å². The van der Waals surface area contributed by atoms with Crippen molar-refractivity contribution in [2.45, 2.75) is 25.8 Å². The Morgan fingerprint density at radius 1 is 1.63 bits per heavy atom. The summed E-state index contributed by atoms with van der Waals surface area (Å²) >= 11 is 0. The van der Waals surface area contributed by atoms with Gasteiger partial charge in [0.25, 0.3) is 5.69 Å². The first kappa shape index (κ1) is 13.0. The first-order valence-corrected chi connectivity index (χ1v) is 5.97. The van der Waals surface area contributed by atoms with Crippen LogP contribution >= 0.6 is 0 Å². The van der Waals surface area contributed by atoms with Crippen molar-refractivity contribution in [3.63, 3.8) is 0 Å². The van der Waals surface area contributed by atoms with Gasteiger partial charge in [0.05, 0.1) is 16.5 Å². The molecule has 19 heavy (non-hydrogen) atoms. The molecule has 1 heterocycles. The summed E-state index contributed by atoms with van der Waals surface area (Å²) in [6, 6.07) is 1.38. The highest BCUT2D eigenvalue weighted by Crippen LogP contribution is 2.35. The lowest BCUT2D eigenvalue weighted by Crippen LogP contribution is -2.17. The van der Waals surface area contributed by atoms with Crippen molar-refractivity contribution in [3.8, 4) is 0 Å². The monoisotopic (exact) mass is 259 g/mol. The van der Waals surface area contributed by atoms with Gasteiger partial charge in [-0.3, -0.25) is 15.1 Å². The minimum absolute atomic E-state index is 0.0111. The predicted molar refractivity (Wildman–Crippen MR) is 70.2 cm³/mol. The molecule has 2 unspecified atom stereocenters. The Hall–Kier alpha value is -2.40. The Balaban J connectivity index is 2.44. The molecule has 0 aromatic carbocycles. The highest BCUT2D eigenvalue weighted by Gasteiger charge is 2.24. The fraction of sp³-hybridized carbons (Fsp3) is 0.417. The molecule has 7 nitrogen and oxygen atoms in total. The van der Waals surface area contributed by atoms with Crippen LogP contribution in [0.1, 0.15) is 25.3 Å². The van der Waals surface area contributed by atoms with Crippen LogP contribution in [0.15, 0.2) is 29.7 Å². The molecule has 0 radical (unpaired) electrons. The minimum atomic E-state index is -0.441. The molecule has 1 aliphatic carbocycles. The van der Waals surface area contributed by atoms with Crippen LogP contribution in [0.4, 0.5) is 5.69 Å². The van der Waals surface area contributed by atoms with E-state index in [1.54, 1.807) is 6.07 Å². The summed E-state index contributed by atoms with van der Waals surface area (Å²) in [5.41, 5.74) is 9.95. The van der Waals surface area contributed by atoms with Gasteiger partial charge in [-0.15, -0.1) is 0 Å². The number of nitrogens with zero attached hydrogens (tertiary/aromatic N) is 5. The molecule has 1 aliphatic rings. The van der Waals surface area contributed by atoms with Crippen LogP contribution in [0.3, 0.4) is 0 Å². The quantitative estimate of drug-likeness (QED) is 0.272. The molecule has 2 rings (SSSR count). The van der Waals surface area contributed by atoms with Gasteiger partial charge in [-0.05, 0) is 35.9 Å². The second-order valence-corrected chi connectivity index (χ2v) is 4.55. The normalized spacial score (nSPS) is 22.3. The molecule has 0 amide bonds. The van der Waals surface area contributed by atoms with Gasteiger partial charge in [-0.25, -0.2) is 0 Å². The van der Waals surface area contributed by atoms with Crippen molar-refractivity contribution in [1.82, 2.24) is 4.98 Å². The Bertz CT molecular complexity index is 577. The van der Waals surface area contributed by atoms with E-state index in [2.05, 4.69) is 15.0 Å². The highest BCUT2D eigenvalue weighted by atomic mass is 16.6. The largest absolute Gasteiger partial charge is 0.294 e. The maximum Gasteiger partial charge on any atom is 0.294 e. The maximum absolute atomic E-state index is 11.0. The van der Waals surface area contributed by atoms with Crippen LogP contribution in [0.5, 0.6) is 0 Å². The molecule has 1 aromatic heterocycles. The van der Waals surface area contributed by atoms with Gasteiger partial charge < -0.3 is 0 Å². The smallest absolute Gasteiger partial charge is 0.258 e. The SMILES string of the molecule is CC1CCC(c2ccncc2[N+](=O)[O-])=CC1N=[N+]=[N-]. The number of nitro groups is 1. The van der Waals surface area contributed by atoms with Crippen LogP contribution < -0.4 is 0 Å². The molecule has 0 bridgehead atoms. The van der Waals surface area contributed by atoms with Crippen LogP contribution in [-0.2, 0) is 0 Å². The zero-order chi connectivity index (χ0) is 13.8. The van der Waals surface area contributed by atoms with E-state index in [9.17, 15) is 10.1 Å². The standard InChI is InChI=1S/C12H13N5O2/c1-8-2-3-9(6-11(8)15-16-13)10-4-5-14-7-12(10)17(18)19/h4-8,11H,2-3H2,1H3. The van der Waals surface area contributed by atoms with E-state index in [1.165, 1.54) is 12.4 Å². The lowest BCUT2D eigenvalue weighted by molar-refractivity contribution is -0.385. The molecule has 0 aliphatic heterocycles. The Labute approximate surface area is 109 Å². The van der Waals surface area contributed by atoms with E-state index >= 15 is 0 Å². The van der Waals surface area contributed by atoms with Crippen molar-refractivity contribution in [2.75, 3.05) is 0 Å². The van der Waals surface area contributed by atoms with E-state index in [1.807, 2.05) is 13.0 Å². The number of pyridine rings is 1. The number of hydrogen-bond donors (Lipinski definition) is 0. The summed E-state index contributed by atoms with van der Waals surface area (Å²) in [5.74, 6) is 0.251. The minimum Gasteiger partial charge on any atom is -0.258 e. The van der Waals surface area contributed by atoms with Crippen molar-refractivity contribution in [3.05, 3.63) is 50.7 Å². The average Bonchev–Trinajstić information content (AvgIpc) is 2.41. The van der Waals surface area contributed by atoms with Gasteiger partial charge in [0.2, 0.25) is 0 Å². The van der Waals surface area contributed by atoms with E-state index < -0.39 is 4.92 Å². The van der Waals surface area contributed by atoms with Crippen molar-refractivity contribution in [2.24, 2.45) is 11.0 Å². The Morgan fingerprint density at radius 2 is 2.42 bits per heavy atom. The summed E-state index contributed by atoms with van der Waals surface area (Å²) in [5, 5.41) is 14.7. The zero-order valence-electron chi connectivity index (χ0n) is 10.4. The topological polar surface area (TPSA) is 105 Å². The zero-order valence-corrected chi connectivity index (χ0v) is 10.4. The number of hydrogen-bond acceptors (Lipinski definition) is 4. The number of azide groups is 1. The lowest BCUT2D eigenvalue weighted by Gasteiger charge is -2.24. The van der Waals surface area contributed by atoms with Crippen LogP contribution in [0.2, 0.25) is 0 Å². The second-order valence-electron chi connectivity index (χ2n) is 4.55. The lowest BCUT2D eigenvalue weighted by atomic mass is 9.84. The molecule has 7 heteroatoms. The van der Waals surface area contributed by atoms with Crippen molar-refractivity contribution in [1.29, 1.82) is 0 Å². The first-order chi connectivity index (χ1) is 9.13. The van der Waals surface area contributed by atoms with Gasteiger partial charge in [-0.1, -0.05) is 18.1 Å². The summed E-state index contributed by atoms with van der Waals surface area (Å²) in [7, 11) is 0. The summed E-state index contributed by atoms with van der Waals surface area (Å²) < 4.78 is 0. The third kappa shape index (κ3) is 2.71. The molecule has 0 saturated heterocycles. The van der Waals surface area contributed by atoms with Crippen molar-refractivity contribution < 1.29 is 4.92 Å².